The van der Waals surface area contributed by atoms with E-state index >= 15 is 0 Å². The van der Waals surface area contributed by atoms with Crippen molar-refractivity contribution in [1.29, 1.82) is 0 Å². The summed E-state index contributed by atoms with van der Waals surface area (Å²) in [5.74, 6) is 0. The van der Waals surface area contributed by atoms with Crippen LogP contribution in [0.25, 0.3) is 0 Å². The van der Waals surface area contributed by atoms with E-state index in [1.54, 1.807) is 30.2 Å². The number of benzene rings is 1. The van der Waals surface area contributed by atoms with Gasteiger partial charge in [-0.1, -0.05) is 12.1 Å². The minimum atomic E-state index is -2.56. The van der Waals surface area contributed by atoms with Crippen LogP contribution >= 0.6 is 0 Å². The molecule has 0 atom stereocenters. The van der Waals surface area contributed by atoms with E-state index in [0.717, 1.165) is 5.56 Å². The van der Waals surface area contributed by atoms with Crippen LogP contribution in [0.4, 0.5) is 19.3 Å². The molecule has 0 aliphatic carbocycles. The minimum absolute atomic E-state index is 0.130. The van der Waals surface area contributed by atoms with Crippen molar-refractivity contribution in [2.24, 2.45) is 7.05 Å². The van der Waals surface area contributed by atoms with Crippen LogP contribution in [0.3, 0.4) is 0 Å². The molecule has 0 bridgehead atoms. The number of nitrogens with zero attached hydrogens (tertiary/aromatic N) is 2. The molecule has 5 nitrogen and oxygen atoms in total. The van der Waals surface area contributed by atoms with Crippen molar-refractivity contribution in [3.63, 3.8) is 0 Å². The van der Waals surface area contributed by atoms with Crippen LogP contribution in [-0.4, -0.2) is 15.8 Å². The number of carbonyl (C=O) groups excluding carboxylic acids is 1. The molecule has 0 saturated carbocycles. The van der Waals surface area contributed by atoms with Crippen LogP contribution in [0.15, 0.2) is 36.7 Å². The van der Waals surface area contributed by atoms with Gasteiger partial charge in [-0.25, -0.2) is 13.6 Å². The number of alkyl halides is 2. The lowest BCUT2D eigenvalue weighted by Gasteiger charge is -2.08. The first kappa shape index (κ1) is 14.0. The first-order valence-electron chi connectivity index (χ1n) is 5.95. The number of urea groups is 1. The van der Waals surface area contributed by atoms with Crippen LogP contribution in [0, 0.1) is 0 Å². The Labute approximate surface area is 114 Å². The third-order valence-electron chi connectivity index (χ3n) is 2.61. The van der Waals surface area contributed by atoms with Gasteiger partial charge in [0.15, 0.2) is 0 Å². The first-order valence-corrected chi connectivity index (χ1v) is 5.95. The lowest BCUT2D eigenvalue weighted by molar-refractivity contribution is 0.151. The van der Waals surface area contributed by atoms with Gasteiger partial charge in [0.25, 0.3) is 6.43 Å². The Morgan fingerprint density at radius 1 is 1.45 bits per heavy atom. The lowest BCUT2D eigenvalue weighted by atomic mass is 10.2. The summed E-state index contributed by atoms with van der Waals surface area (Å²) in [6.07, 6.45) is 0.852. The van der Waals surface area contributed by atoms with Gasteiger partial charge in [0, 0.05) is 36.6 Å². The predicted octanol–water partition coefficient (Wildman–Crippen LogP) is 2.68. The summed E-state index contributed by atoms with van der Waals surface area (Å²) >= 11 is 0. The monoisotopic (exact) mass is 280 g/mol. The standard InChI is InChI=1S/C13H14F2N4O/c1-19-8-9(7-17-19)6-16-13(20)18-11-4-2-3-10(5-11)12(14)15/h2-5,7-8,12H,6H2,1H3,(H2,16,18,20). The van der Waals surface area contributed by atoms with E-state index in [2.05, 4.69) is 15.7 Å². The summed E-state index contributed by atoms with van der Waals surface area (Å²) in [6.45, 7) is 0.314. The van der Waals surface area contributed by atoms with E-state index in [-0.39, 0.29) is 5.56 Å². The molecule has 1 aromatic carbocycles. The van der Waals surface area contributed by atoms with Gasteiger partial charge in [0.2, 0.25) is 0 Å². The third-order valence-corrected chi connectivity index (χ3v) is 2.61. The Morgan fingerprint density at radius 2 is 2.25 bits per heavy atom. The molecule has 1 aromatic heterocycles. The van der Waals surface area contributed by atoms with Gasteiger partial charge in [-0.15, -0.1) is 0 Å². The summed E-state index contributed by atoms with van der Waals surface area (Å²) in [5.41, 5.74) is 1.05. The number of aryl methyl sites for hydroxylation is 1. The van der Waals surface area contributed by atoms with Gasteiger partial charge in [0.05, 0.1) is 6.20 Å². The summed E-state index contributed by atoms with van der Waals surface area (Å²) in [7, 11) is 1.78. The Kier molecular flexibility index (Phi) is 4.29. The van der Waals surface area contributed by atoms with E-state index in [1.807, 2.05) is 0 Å². The molecule has 0 aliphatic rings. The molecule has 0 aliphatic heterocycles. The van der Waals surface area contributed by atoms with E-state index in [9.17, 15) is 13.6 Å². The minimum Gasteiger partial charge on any atom is -0.334 e. The fraction of sp³-hybridized carbons (Fsp3) is 0.231. The van der Waals surface area contributed by atoms with E-state index in [0.29, 0.717) is 12.2 Å². The van der Waals surface area contributed by atoms with Crippen molar-refractivity contribution < 1.29 is 13.6 Å². The van der Waals surface area contributed by atoms with Crippen molar-refractivity contribution in [3.05, 3.63) is 47.8 Å². The number of halogens is 2. The van der Waals surface area contributed by atoms with Crippen molar-refractivity contribution in [1.82, 2.24) is 15.1 Å². The van der Waals surface area contributed by atoms with Gasteiger partial charge in [0.1, 0.15) is 0 Å². The number of rotatable bonds is 4. The average Bonchev–Trinajstić information content (AvgIpc) is 2.82. The van der Waals surface area contributed by atoms with E-state index in [1.165, 1.54) is 18.2 Å². The lowest BCUT2D eigenvalue weighted by Crippen LogP contribution is -2.28. The van der Waals surface area contributed by atoms with Gasteiger partial charge in [-0.05, 0) is 12.1 Å². The highest BCUT2D eigenvalue weighted by atomic mass is 19.3. The highest BCUT2D eigenvalue weighted by Crippen LogP contribution is 2.21. The van der Waals surface area contributed by atoms with Crippen LogP contribution in [0.1, 0.15) is 17.6 Å². The molecule has 1 heterocycles. The number of anilines is 1. The fourth-order valence-electron chi connectivity index (χ4n) is 1.67. The highest BCUT2D eigenvalue weighted by Gasteiger charge is 2.08. The zero-order valence-corrected chi connectivity index (χ0v) is 10.8. The van der Waals surface area contributed by atoms with Crippen molar-refractivity contribution in [2.45, 2.75) is 13.0 Å². The fourth-order valence-corrected chi connectivity index (χ4v) is 1.67. The van der Waals surface area contributed by atoms with Gasteiger partial charge < -0.3 is 10.6 Å². The maximum atomic E-state index is 12.5. The topological polar surface area (TPSA) is 59.0 Å². The number of amides is 2. The van der Waals surface area contributed by atoms with Crippen LogP contribution in [0.2, 0.25) is 0 Å². The first-order chi connectivity index (χ1) is 9.54. The molecule has 2 N–H and O–H groups in total. The number of nitrogens with one attached hydrogen (secondary N) is 2. The number of hydrogen-bond donors (Lipinski definition) is 2. The molecule has 2 aromatic rings. The van der Waals surface area contributed by atoms with Crippen molar-refractivity contribution >= 4 is 11.7 Å². The molecule has 20 heavy (non-hydrogen) atoms. The Bertz CT molecular complexity index is 598. The largest absolute Gasteiger partial charge is 0.334 e. The summed E-state index contributed by atoms with van der Waals surface area (Å²) in [6, 6.07) is 5.12. The number of hydrogen-bond acceptors (Lipinski definition) is 2. The molecule has 0 saturated heterocycles. The van der Waals surface area contributed by atoms with Gasteiger partial charge >= 0.3 is 6.03 Å². The zero-order valence-electron chi connectivity index (χ0n) is 10.8. The second kappa shape index (κ2) is 6.14. The summed E-state index contributed by atoms with van der Waals surface area (Å²) in [5, 5.41) is 9.09. The Hall–Kier alpha value is -2.44. The molecule has 7 heteroatoms. The molecular formula is C13H14F2N4O. The molecule has 106 valence electrons. The Balaban J connectivity index is 1.89. The normalized spacial score (nSPS) is 10.6. The van der Waals surface area contributed by atoms with Crippen LogP contribution < -0.4 is 10.6 Å². The predicted molar refractivity (Wildman–Crippen MR) is 70.5 cm³/mol. The number of aromatic nitrogens is 2. The van der Waals surface area contributed by atoms with Crippen LogP contribution in [-0.2, 0) is 13.6 Å². The van der Waals surface area contributed by atoms with Gasteiger partial charge in [-0.3, -0.25) is 4.68 Å². The van der Waals surface area contributed by atoms with E-state index < -0.39 is 12.5 Å². The van der Waals surface area contributed by atoms with Crippen molar-refractivity contribution in [2.75, 3.05) is 5.32 Å². The second-order valence-corrected chi connectivity index (χ2v) is 4.26. The molecule has 2 rings (SSSR count). The SMILES string of the molecule is Cn1cc(CNC(=O)Nc2cccc(C(F)F)c2)cn1. The smallest absolute Gasteiger partial charge is 0.319 e. The number of carbonyl (C=O) groups is 1. The maximum absolute atomic E-state index is 12.5. The summed E-state index contributed by atoms with van der Waals surface area (Å²) < 4.78 is 26.7. The maximum Gasteiger partial charge on any atom is 0.319 e. The van der Waals surface area contributed by atoms with Crippen molar-refractivity contribution in [3.8, 4) is 0 Å². The quantitative estimate of drug-likeness (QED) is 0.904. The van der Waals surface area contributed by atoms with Gasteiger partial charge in [-0.2, -0.15) is 5.10 Å². The molecule has 0 unspecified atom stereocenters. The molecule has 0 fully saturated rings. The highest BCUT2D eigenvalue weighted by molar-refractivity contribution is 5.89. The average molecular weight is 280 g/mol. The summed E-state index contributed by atoms with van der Waals surface area (Å²) in [4.78, 5) is 11.6. The zero-order chi connectivity index (χ0) is 14.5. The molecular weight excluding hydrogens is 266 g/mol. The molecule has 0 radical (unpaired) electrons. The second-order valence-electron chi connectivity index (χ2n) is 4.26. The van der Waals surface area contributed by atoms with Crippen LogP contribution in [0.5, 0.6) is 0 Å². The van der Waals surface area contributed by atoms with E-state index in [4.69, 9.17) is 0 Å². The molecule has 2 amide bonds. The Morgan fingerprint density at radius 3 is 2.90 bits per heavy atom. The third kappa shape index (κ3) is 3.78. The molecule has 0 spiro atoms.